The lowest BCUT2D eigenvalue weighted by atomic mass is 10.2. The summed E-state index contributed by atoms with van der Waals surface area (Å²) in [6.07, 6.45) is -1.02. The Morgan fingerprint density at radius 2 is 1.32 bits per heavy atom. The third kappa shape index (κ3) is 15.8. The van der Waals surface area contributed by atoms with Crippen molar-refractivity contribution in [3.63, 3.8) is 0 Å². The van der Waals surface area contributed by atoms with Crippen LogP contribution in [0, 0.1) is 0 Å². The van der Waals surface area contributed by atoms with Gasteiger partial charge in [0.25, 0.3) is 0 Å². The summed E-state index contributed by atoms with van der Waals surface area (Å²) in [6.45, 7) is 5.38. The maximum Gasteiger partial charge on any atom is 0.408 e. The molecule has 28 heavy (non-hydrogen) atoms. The number of alkyl carbamates (subject to hydrolysis) is 1. The number of aliphatic carboxylic acids is 2. The van der Waals surface area contributed by atoms with E-state index in [4.69, 9.17) is 24.4 Å². The smallest absolute Gasteiger partial charge is 0.408 e. The highest BCUT2D eigenvalue weighted by Gasteiger charge is 2.19. The van der Waals surface area contributed by atoms with E-state index in [0.717, 1.165) is 0 Å². The van der Waals surface area contributed by atoms with E-state index < -0.39 is 29.5 Å². The van der Waals surface area contributed by atoms with Crippen molar-refractivity contribution in [1.29, 1.82) is 0 Å². The summed E-state index contributed by atoms with van der Waals surface area (Å²) in [4.78, 5) is 46.2. The fraction of sp³-hybridized carbons (Fsp3) is 0.765. The Balaban J connectivity index is 4.41. The number of hydrogen-bond donors (Lipinski definition) is 3. The monoisotopic (exact) mass is 406 g/mol. The van der Waals surface area contributed by atoms with Crippen LogP contribution in [0.15, 0.2) is 0 Å². The SMILES string of the molecule is CC(C)(C)OC(=O)NCC(=O)N(CCOCCC(=O)O)CCOCCC(=O)O. The van der Waals surface area contributed by atoms with Gasteiger partial charge in [0, 0.05) is 13.1 Å². The number of carbonyl (C=O) groups excluding carboxylic acids is 2. The lowest BCUT2D eigenvalue weighted by Gasteiger charge is -2.24. The average Bonchev–Trinajstić information content (AvgIpc) is 2.55. The first-order valence-electron chi connectivity index (χ1n) is 8.85. The first-order chi connectivity index (χ1) is 13.0. The Kier molecular flexibility index (Phi) is 12.5. The molecule has 0 spiro atoms. The van der Waals surface area contributed by atoms with Gasteiger partial charge in [0.2, 0.25) is 5.91 Å². The van der Waals surface area contributed by atoms with Crippen LogP contribution in [0.1, 0.15) is 33.6 Å². The van der Waals surface area contributed by atoms with Gasteiger partial charge < -0.3 is 34.6 Å². The first-order valence-corrected chi connectivity index (χ1v) is 8.85. The molecule has 3 N–H and O–H groups in total. The van der Waals surface area contributed by atoms with E-state index in [-0.39, 0.29) is 58.9 Å². The molecule has 0 heterocycles. The molecule has 0 saturated carbocycles. The Bertz CT molecular complexity index is 493. The van der Waals surface area contributed by atoms with Crippen molar-refractivity contribution in [1.82, 2.24) is 10.2 Å². The number of hydrogen-bond acceptors (Lipinski definition) is 7. The third-order valence-corrected chi connectivity index (χ3v) is 3.07. The summed E-state index contributed by atoms with van der Waals surface area (Å²) in [6, 6.07) is 0. The molecule has 162 valence electrons. The summed E-state index contributed by atoms with van der Waals surface area (Å²) in [5.74, 6) is -2.38. The summed E-state index contributed by atoms with van der Waals surface area (Å²) in [7, 11) is 0. The summed E-state index contributed by atoms with van der Waals surface area (Å²) < 4.78 is 15.4. The number of nitrogens with one attached hydrogen (secondary N) is 1. The molecule has 0 aromatic heterocycles. The molecule has 0 aromatic carbocycles. The second-order valence-corrected chi connectivity index (χ2v) is 6.75. The lowest BCUT2D eigenvalue weighted by molar-refractivity contribution is -0.139. The number of amides is 2. The van der Waals surface area contributed by atoms with E-state index in [9.17, 15) is 19.2 Å². The molecule has 11 heteroatoms. The molecule has 11 nitrogen and oxygen atoms in total. The van der Waals surface area contributed by atoms with Crippen molar-refractivity contribution in [2.24, 2.45) is 0 Å². The van der Waals surface area contributed by atoms with Crippen molar-refractivity contribution in [3.8, 4) is 0 Å². The maximum atomic E-state index is 12.3. The number of carboxylic acid groups (broad SMARTS) is 2. The lowest BCUT2D eigenvalue weighted by Crippen LogP contribution is -2.44. The largest absolute Gasteiger partial charge is 0.481 e. The zero-order valence-corrected chi connectivity index (χ0v) is 16.6. The first kappa shape index (κ1) is 25.6. The molecule has 0 aromatic rings. The Morgan fingerprint density at radius 3 is 1.71 bits per heavy atom. The van der Waals surface area contributed by atoms with Crippen LogP contribution in [-0.4, -0.2) is 90.7 Å². The summed E-state index contributed by atoms with van der Waals surface area (Å²) in [5.41, 5.74) is -0.692. The predicted octanol–water partition coefficient (Wildman–Crippen LogP) is 0.322. The van der Waals surface area contributed by atoms with Crippen LogP contribution in [0.5, 0.6) is 0 Å². The molecule has 0 aliphatic carbocycles. The molecule has 0 aliphatic heterocycles. The van der Waals surface area contributed by atoms with Gasteiger partial charge in [-0.3, -0.25) is 14.4 Å². The quantitative estimate of drug-likeness (QED) is 0.346. The molecular formula is C17H30N2O9. The van der Waals surface area contributed by atoms with Crippen LogP contribution in [0.4, 0.5) is 4.79 Å². The van der Waals surface area contributed by atoms with Crippen LogP contribution in [0.2, 0.25) is 0 Å². The number of ether oxygens (including phenoxy) is 3. The van der Waals surface area contributed by atoms with Crippen molar-refractivity contribution < 1.29 is 43.6 Å². The van der Waals surface area contributed by atoms with E-state index in [1.807, 2.05) is 0 Å². The van der Waals surface area contributed by atoms with Gasteiger partial charge in [-0.25, -0.2) is 4.79 Å². The number of carbonyl (C=O) groups is 4. The summed E-state index contributed by atoms with van der Waals surface area (Å²) >= 11 is 0. The van der Waals surface area contributed by atoms with Crippen LogP contribution >= 0.6 is 0 Å². The molecule has 0 atom stereocenters. The van der Waals surface area contributed by atoms with Crippen LogP contribution in [0.3, 0.4) is 0 Å². The summed E-state index contributed by atoms with van der Waals surface area (Å²) in [5, 5.41) is 19.5. The fourth-order valence-corrected chi connectivity index (χ4v) is 1.81. The van der Waals surface area contributed by atoms with E-state index in [1.54, 1.807) is 20.8 Å². The highest BCUT2D eigenvalue weighted by Crippen LogP contribution is 2.06. The zero-order valence-electron chi connectivity index (χ0n) is 16.6. The molecule has 0 saturated heterocycles. The minimum absolute atomic E-state index is 0.0165. The van der Waals surface area contributed by atoms with E-state index in [0.29, 0.717) is 0 Å². The zero-order chi connectivity index (χ0) is 21.6. The standard InChI is InChI=1S/C17H30N2O9/c1-17(2,3)28-16(25)18-12-13(20)19(6-10-26-8-4-14(21)22)7-11-27-9-5-15(23)24/h4-12H2,1-3H3,(H,18,25)(H,21,22)(H,23,24). The predicted molar refractivity (Wildman–Crippen MR) is 97.0 cm³/mol. The van der Waals surface area contributed by atoms with Gasteiger partial charge in [-0.05, 0) is 20.8 Å². The van der Waals surface area contributed by atoms with Gasteiger partial charge in [0.05, 0.1) is 39.3 Å². The molecule has 0 unspecified atom stereocenters. The Morgan fingerprint density at radius 1 is 0.857 bits per heavy atom. The van der Waals surface area contributed by atoms with Crippen LogP contribution < -0.4 is 5.32 Å². The molecule has 0 rings (SSSR count). The van der Waals surface area contributed by atoms with Gasteiger partial charge in [0.15, 0.2) is 0 Å². The highest BCUT2D eigenvalue weighted by molar-refractivity contribution is 5.82. The van der Waals surface area contributed by atoms with E-state index >= 15 is 0 Å². The number of nitrogens with zero attached hydrogens (tertiary/aromatic N) is 1. The van der Waals surface area contributed by atoms with Gasteiger partial charge in [-0.15, -0.1) is 0 Å². The minimum atomic E-state index is -0.985. The Hall–Kier alpha value is -2.40. The van der Waals surface area contributed by atoms with Gasteiger partial charge in [0.1, 0.15) is 12.1 Å². The van der Waals surface area contributed by atoms with Crippen molar-refractivity contribution in [3.05, 3.63) is 0 Å². The molecule has 0 fully saturated rings. The van der Waals surface area contributed by atoms with Crippen molar-refractivity contribution >= 4 is 23.9 Å². The number of rotatable bonds is 14. The Labute approximate surface area is 163 Å². The average molecular weight is 406 g/mol. The van der Waals surface area contributed by atoms with Gasteiger partial charge in [-0.1, -0.05) is 0 Å². The fourth-order valence-electron chi connectivity index (χ4n) is 1.81. The second kappa shape index (κ2) is 13.7. The van der Waals surface area contributed by atoms with Crippen LogP contribution in [0.25, 0.3) is 0 Å². The van der Waals surface area contributed by atoms with Gasteiger partial charge in [-0.2, -0.15) is 0 Å². The third-order valence-electron chi connectivity index (χ3n) is 3.07. The second-order valence-electron chi connectivity index (χ2n) is 6.75. The van der Waals surface area contributed by atoms with E-state index in [2.05, 4.69) is 5.32 Å². The molecule has 0 bridgehead atoms. The van der Waals surface area contributed by atoms with Gasteiger partial charge >= 0.3 is 18.0 Å². The molecule has 0 radical (unpaired) electrons. The topological polar surface area (TPSA) is 152 Å². The molecule has 0 aliphatic rings. The van der Waals surface area contributed by atoms with Crippen LogP contribution in [-0.2, 0) is 28.6 Å². The maximum absolute atomic E-state index is 12.3. The van der Waals surface area contributed by atoms with E-state index in [1.165, 1.54) is 4.90 Å². The highest BCUT2D eigenvalue weighted by atomic mass is 16.6. The normalized spacial score (nSPS) is 11.0. The molecule has 2 amide bonds. The van der Waals surface area contributed by atoms with Crippen molar-refractivity contribution in [2.75, 3.05) is 46.1 Å². The number of carboxylic acids is 2. The molecular weight excluding hydrogens is 376 g/mol. The van der Waals surface area contributed by atoms with Crippen molar-refractivity contribution in [2.45, 2.75) is 39.2 Å². The minimum Gasteiger partial charge on any atom is -0.481 e.